The molecule has 0 aliphatic carbocycles. The molecule has 2 unspecified atom stereocenters. The summed E-state index contributed by atoms with van der Waals surface area (Å²) >= 11 is 0. The Labute approximate surface area is 143 Å². The first-order valence-electron chi connectivity index (χ1n) is 7.96. The van der Waals surface area contributed by atoms with E-state index in [4.69, 9.17) is 5.11 Å². The van der Waals surface area contributed by atoms with Crippen molar-refractivity contribution in [3.63, 3.8) is 0 Å². The van der Waals surface area contributed by atoms with Crippen molar-refractivity contribution in [3.05, 3.63) is 70.8 Å². The van der Waals surface area contributed by atoms with Crippen LogP contribution >= 0.6 is 0 Å². The Morgan fingerprint density at radius 3 is 2.12 bits per heavy atom. The van der Waals surface area contributed by atoms with E-state index in [1.165, 1.54) is 0 Å². The minimum absolute atomic E-state index is 0.120. The number of nitrogens with zero attached hydrogens (tertiary/aromatic N) is 1. The summed E-state index contributed by atoms with van der Waals surface area (Å²) < 4.78 is 38.0. The molecular weight excluding hydrogens is 331 g/mol. The first-order valence-corrected chi connectivity index (χ1v) is 7.96. The third-order valence-electron chi connectivity index (χ3n) is 4.80. The third-order valence-corrected chi connectivity index (χ3v) is 4.80. The van der Waals surface area contributed by atoms with Gasteiger partial charge in [0.2, 0.25) is 0 Å². The van der Waals surface area contributed by atoms with Crippen LogP contribution in [0.4, 0.5) is 13.2 Å². The van der Waals surface area contributed by atoms with Crippen molar-refractivity contribution in [1.29, 1.82) is 0 Å². The summed E-state index contributed by atoms with van der Waals surface area (Å²) in [6.45, 7) is 0.747. The van der Waals surface area contributed by atoms with Crippen LogP contribution in [0.3, 0.4) is 0 Å². The molecule has 0 spiro atoms. The molecule has 1 aliphatic heterocycles. The zero-order valence-corrected chi connectivity index (χ0v) is 13.6. The SMILES string of the molecule is CN1CC(c2ccc(C(F)(F)F)cc2)CC1c1ccc(C(=O)O)cc1. The Morgan fingerprint density at radius 2 is 1.60 bits per heavy atom. The number of rotatable bonds is 3. The first kappa shape index (κ1) is 17.5. The summed E-state index contributed by atoms with van der Waals surface area (Å²) in [4.78, 5) is 13.1. The van der Waals surface area contributed by atoms with E-state index >= 15 is 0 Å². The number of carboxylic acids is 1. The highest BCUT2D eigenvalue weighted by Crippen LogP contribution is 2.40. The van der Waals surface area contributed by atoms with Crippen LogP contribution in [0.2, 0.25) is 0 Å². The summed E-state index contributed by atoms with van der Waals surface area (Å²) in [5.74, 6) is -0.814. The van der Waals surface area contributed by atoms with Crippen LogP contribution in [0.15, 0.2) is 48.5 Å². The van der Waals surface area contributed by atoms with E-state index in [1.807, 2.05) is 7.05 Å². The Balaban J connectivity index is 1.76. The highest BCUT2D eigenvalue weighted by atomic mass is 19.4. The lowest BCUT2D eigenvalue weighted by Gasteiger charge is -2.19. The molecule has 0 aromatic heterocycles. The van der Waals surface area contributed by atoms with E-state index in [9.17, 15) is 18.0 Å². The molecule has 25 heavy (non-hydrogen) atoms. The Kier molecular flexibility index (Phi) is 4.56. The van der Waals surface area contributed by atoms with Crippen molar-refractivity contribution in [3.8, 4) is 0 Å². The highest BCUT2D eigenvalue weighted by molar-refractivity contribution is 5.87. The van der Waals surface area contributed by atoms with Crippen LogP contribution in [0, 0.1) is 0 Å². The zero-order valence-electron chi connectivity index (χ0n) is 13.6. The minimum Gasteiger partial charge on any atom is -0.478 e. The normalized spacial score (nSPS) is 21.4. The van der Waals surface area contributed by atoms with Crippen molar-refractivity contribution >= 4 is 5.97 Å². The fourth-order valence-corrected chi connectivity index (χ4v) is 3.42. The number of hydrogen-bond acceptors (Lipinski definition) is 2. The number of halogens is 3. The summed E-state index contributed by atoms with van der Waals surface area (Å²) in [6.07, 6.45) is -3.53. The first-order chi connectivity index (χ1) is 11.8. The van der Waals surface area contributed by atoms with Crippen molar-refractivity contribution in [2.24, 2.45) is 0 Å². The lowest BCUT2D eigenvalue weighted by molar-refractivity contribution is -0.137. The Hall–Kier alpha value is -2.34. The molecule has 1 aliphatic rings. The van der Waals surface area contributed by atoms with Gasteiger partial charge in [0.25, 0.3) is 0 Å². The van der Waals surface area contributed by atoms with Crippen molar-refractivity contribution < 1.29 is 23.1 Å². The molecule has 3 nitrogen and oxygen atoms in total. The van der Waals surface area contributed by atoms with E-state index in [0.29, 0.717) is 0 Å². The van der Waals surface area contributed by atoms with Gasteiger partial charge < -0.3 is 5.11 Å². The van der Waals surface area contributed by atoms with E-state index < -0.39 is 17.7 Å². The number of aromatic carboxylic acids is 1. The van der Waals surface area contributed by atoms with E-state index in [-0.39, 0.29) is 17.5 Å². The third kappa shape index (κ3) is 3.69. The average Bonchev–Trinajstić information content (AvgIpc) is 2.96. The van der Waals surface area contributed by atoms with E-state index in [0.717, 1.165) is 36.2 Å². The molecule has 1 saturated heterocycles. The number of hydrogen-bond donors (Lipinski definition) is 1. The van der Waals surface area contributed by atoms with Gasteiger partial charge in [-0.3, -0.25) is 4.90 Å². The molecule has 0 bridgehead atoms. The second kappa shape index (κ2) is 6.52. The standard InChI is InChI=1S/C19H18F3NO2/c1-23-11-15(12-6-8-16(9-7-12)19(20,21)22)10-17(23)13-2-4-14(5-3-13)18(24)25/h2-9,15,17H,10-11H2,1H3,(H,24,25). The topological polar surface area (TPSA) is 40.5 Å². The fourth-order valence-electron chi connectivity index (χ4n) is 3.42. The zero-order chi connectivity index (χ0) is 18.2. The molecule has 6 heteroatoms. The number of carboxylic acid groups (broad SMARTS) is 1. The Morgan fingerprint density at radius 1 is 1.04 bits per heavy atom. The van der Waals surface area contributed by atoms with Crippen molar-refractivity contribution in [2.45, 2.75) is 24.6 Å². The molecule has 132 valence electrons. The van der Waals surface area contributed by atoms with Crippen molar-refractivity contribution in [1.82, 2.24) is 4.90 Å². The maximum Gasteiger partial charge on any atom is 0.416 e. The van der Waals surface area contributed by atoms with Crippen molar-refractivity contribution in [2.75, 3.05) is 13.6 Å². The number of benzene rings is 2. The molecule has 1 heterocycles. The van der Waals surface area contributed by atoms with E-state index in [1.54, 1.807) is 36.4 Å². The molecule has 0 saturated carbocycles. The van der Waals surface area contributed by atoms with Gasteiger partial charge in [0.1, 0.15) is 0 Å². The molecule has 2 aromatic rings. The number of likely N-dealkylation sites (N-methyl/N-ethyl adjacent to an activating group) is 1. The van der Waals surface area contributed by atoms with Gasteiger partial charge in [-0.15, -0.1) is 0 Å². The molecule has 2 aromatic carbocycles. The van der Waals surface area contributed by atoms with Crippen LogP contribution in [-0.4, -0.2) is 29.6 Å². The molecular formula is C19H18F3NO2. The van der Waals surface area contributed by atoms with Gasteiger partial charge >= 0.3 is 12.1 Å². The van der Waals surface area contributed by atoms with Gasteiger partial charge in [-0.25, -0.2) is 4.79 Å². The van der Waals surface area contributed by atoms with Crippen LogP contribution in [0.5, 0.6) is 0 Å². The molecule has 1 N–H and O–H groups in total. The summed E-state index contributed by atoms with van der Waals surface area (Å²) in [7, 11) is 1.97. The predicted molar refractivity (Wildman–Crippen MR) is 87.6 cm³/mol. The summed E-state index contributed by atoms with van der Waals surface area (Å²) in [5.41, 5.74) is 1.51. The predicted octanol–water partition coefficient (Wildman–Crippen LogP) is 4.56. The smallest absolute Gasteiger partial charge is 0.416 e. The monoisotopic (exact) mass is 349 g/mol. The molecule has 1 fully saturated rings. The quantitative estimate of drug-likeness (QED) is 0.883. The molecule has 0 radical (unpaired) electrons. The lowest BCUT2D eigenvalue weighted by atomic mass is 9.93. The van der Waals surface area contributed by atoms with Gasteiger partial charge in [0.15, 0.2) is 0 Å². The van der Waals surface area contributed by atoms with Gasteiger partial charge in [-0.05, 0) is 54.8 Å². The number of likely N-dealkylation sites (tertiary alicyclic amines) is 1. The van der Waals surface area contributed by atoms with Crippen LogP contribution < -0.4 is 0 Å². The second-order valence-corrected chi connectivity index (χ2v) is 6.43. The van der Waals surface area contributed by atoms with Gasteiger partial charge in [0.05, 0.1) is 11.1 Å². The molecule has 2 atom stereocenters. The van der Waals surface area contributed by atoms with Gasteiger partial charge in [-0.1, -0.05) is 24.3 Å². The Bertz CT molecular complexity index is 754. The molecule has 0 amide bonds. The largest absolute Gasteiger partial charge is 0.478 e. The summed E-state index contributed by atoms with van der Waals surface area (Å²) in [5, 5.41) is 8.97. The number of alkyl halides is 3. The summed E-state index contributed by atoms with van der Waals surface area (Å²) in [6, 6.07) is 12.3. The lowest BCUT2D eigenvalue weighted by Crippen LogP contribution is -2.18. The van der Waals surface area contributed by atoms with Gasteiger partial charge in [0, 0.05) is 12.6 Å². The minimum atomic E-state index is -4.32. The highest BCUT2D eigenvalue weighted by Gasteiger charge is 2.33. The van der Waals surface area contributed by atoms with E-state index in [2.05, 4.69) is 4.90 Å². The maximum atomic E-state index is 12.7. The fraction of sp³-hybridized carbons (Fsp3) is 0.316. The second-order valence-electron chi connectivity index (χ2n) is 6.43. The maximum absolute atomic E-state index is 12.7. The van der Waals surface area contributed by atoms with Gasteiger partial charge in [-0.2, -0.15) is 13.2 Å². The number of carbonyl (C=O) groups is 1. The van der Waals surface area contributed by atoms with Crippen LogP contribution in [0.1, 0.15) is 45.4 Å². The van der Waals surface area contributed by atoms with Crippen LogP contribution in [0.25, 0.3) is 0 Å². The van der Waals surface area contributed by atoms with Crippen LogP contribution in [-0.2, 0) is 6.18 Å². The molecule has 3 rings (SSSR count). The average molecular weight is 349 g/mol.